The van der Waals surface area contributed by atoms with Crippen LogP contribution in [-0.2, 0) is 31.0 Å². The molecule has 0 saturated heterocycles. The van der Waals surface area contributed by atoms with Gasteiger partial charge in [-0.25, -0.2) is 20.0 Å². The highest BCUT2D eigenvalue weighted by Gasteiger charge is 2.05. The Morgan fingerprint density at radius 3 is 2.31 bits per heavy atom. The van der Waals surface area contributed by atoms with Gasteiger partial charge in [0.05, 0.1) is 5.69 Å². The van der Waals surface area contributed by atoms with Crippen LogP contribution in [0.2, 0.25) is 0 Å². The molecule has 0 unspecified atom stereocenters. The first-order valence-electron chi connectivity index (χ1n) is 7.54. The number of hydrogen-bond acceptors (Lipinski definition) is 9. The van der Waals surface area contributed by atoms with E-state index < -0.39 is 26.3 Å². The van der Waals surface area contributed by atoms with Crippen LogP contribution < -0.4 is 32.2 Å². The zero-order valence-electron chi connectivity index (χ0n) is 15.3. The van der Waals surface area contributed by atoms with Crippen LogP contribution in [0.25, 0.3) is 0 Å². The minimum absolute atomic E-state index is 0.0144. The fourth-order valence-corrected chi connectivity index (χ4v) is 3.86. The Kier molecular flexibility index (Phi) is 11.7. The molecular formula is C11H23N9O5S4. The molecule has 166 valence electrons. The largest absolute Gasteiger partial charge is 0.386 e. The molecule has 0 aliphatic carbocycles. The number of amides is 1. The van der Waals surface area contributed by atoms with E-state index in [1.165, 1.54) is 30.0 Å². The van der Waals surface area contributed by atoms with Crippen LogP contribution in [0.15, 0.2) is 14.8 Å². The van der Waals surface area contributed by atoms with E-state index in [1.54, 1.807) is 4.72 Å². The van der Waals surface area contributed by atoms with Crippen LogP contribution in [-0.4, -0.2) is 45.3 Å². The summed E-state index contributed by atoms with van der Waals surface area (Å²) < 4.78 is 46.1. The Bertz CT molecular complexity index is 936. The first-order chi connectivity index (χ1) is 13.2. The third kappa shape index (κ3) is 16.6. The maximum absolute atomic E-state index is 10.6. The van der Waals surface area contributed by atoms with E-state index in [9.17, 15) is 21.6 Å². The van der Waals surface area contributed by atoms with E-state index in [4.69, 9.17) is 22.3 Å². The van der Waals surface area contributed by atoms with Gasteiger partial charge >= 0.3 is 10.2 Å². The summed E-state index contributed by atoms with van der Waals surface area (Å²) in [6.45, 7) is 1.53. The van der Waals surface area contributed by atoms with Crippen molar-refractivity contribution >= 4 is 66.4 Å². The summed E-state index contributed by atoms with van der Waals surface area (Å²) in [6, 6.07) is 0. The molecule has 0 atom stereocenters. The summed E-state index contributed by atoms with van der Waals surface area (Å²) in [7, 11) is -7.75. The Morgan fingerprint density at radius 2 is 1.86 bits per heavy atom. The van der Waals surface area contributed by atoms with E-state index in [-0.39, 0.29) is 18.2 Å². The highest BCUT2D eigenvalue weighted by atomic mass is 32.2. The third-order valence-corrected chi connectivity index (χ3v) is 5.12. The Labute approximate surface area is 176 Å². The summed E-state index contributed by atoms with van der Waals surface area (Å²) in [6.07, 6.45) is 0.433. The lowest BCUT2D eigenvalue weighted by Gasteiger charge is -1.99. The summed E-state index contributed by atoms with van der Waals surface area (Å²) in [5, 5.41) is 11.5. The third-order valence-electron chi connectivity index (χ3n) is 2.34. The molecule has 1 aromatic heterocycles. The van der Waals surface area contributed by atoms with Crippen LogP contribution in [0.3, 0.4) is 0 Å². The number of thioether (sulfide) groups is 1. The number of guanidine groups is 1. The second-order valence-corrected chi connectivity index (χ2v) is 9.43. The van der Waals surface area contributed by atoms with Gasteiger partial charge in [0.2, 0.25) is 11.0 Å². The molecule has 0 aliphatic heterocycles. The maximum atomic E-state index is 10.6. The van der Waals surface area contributed by atoms with Gasteiger partial charge in [-0.15, -0.1) is 15.7 Å². The number of nitrogens with one attached hydrogen (secondary N) is 1. The van der Waals surface area contributed by atoms with Crippen molar-refractivity contribution in [3.63, 3.8) is 0 Å². The van der Waals surface area contributed by atoms with E-state index >= 15 is 0 Å². The molecule has 0 aromatic carbocycles. The van der Waals surface area contributed by atoms with Gasteiger partial charge in [0.1, 0.15) is 5.84 Å². The SMILES string of the molecule is CCC(=O)NS(N)(=O)=O.NC(N)=Nc1nc(CSCCC(N)=NS(N)(=O)=O)cs1. The van der Waals surface area contributed by atoms with Crippen LogP contribution in [0, 0.1) is 0 Å². The summed E-state index contributed by atoms with van der Waals surface area (Å²) in [5.74, 6) is 0.585. The first-order valence-corrected chi connectivity index (χ1v) is 12.6. The zero-order valence-corrected chi connectivity index (χ0v) is 18.6. The number of hydrogen-bond donors (Lipinski definition) is 6. The molecule has 1 aromatic rings. The average Bonchev–Trinajstić information content (AvgIpc) is 2.95. The van der Waals surface area contributed by atoms with Gasteiger partial charge in [-0.3, -0.25) is 4.79 Å². The highest BCUT2D eigenvalue weighted by molar-refractivity contribution is 7.98. The molecule has 14 nitrogen and oxygen atoms in total. The molecule has 1 heterocycles. The predicted molar refractivity (Wildman–Crippen MR) is 115 cm³/mol. The standard InChI is InChI=1S/C8H15N7O2S3.C3H8N2O3S/c9-6(15-20(12,16)17)1-2-18-3-5-4-19-8(13-5)14-7(10)11;1-2-3(6)5-9(4,7)8/h4H,1-3H2,(H2,9,15)(H2,12,16,17)(H4,10,11,13,14);2H2,1H3,(H,5,6)(H2,4,7,8). The summed E-state index contributed by atoms with van der Waals surface area (Å²) in [5.41, 5.74) is 16.7. The number of rotatable bonds is 9. The number of nitrogens with zero attached hydrogens (tertiary/aromatic N) is 3. The normalized spacial score (nSPS) is 11.9. The molecule has 0 bridgehead atoms. The van der Waals surface area contributed by atoms with Crippen LogP contribution in [0.5, 0.6) is 0 Å². The van der Waals surface area contributed by atoms with E-state index in [0.29, 0.717) is 23.1 Å². The number of carbonyl (C=O) groups excluding carboxylic acids is 1. The Balaban J connectivity index is 0.000000734. The number of aliphatic imine (C=N–C) groups is 1. The van der Waals surface area contributed by atoms with Gasteiger partial charge in [-0.05, 0) is 0 Å². The maximum Gasteiger partial charge on any atom is 0.318 e. The molecule has 29 heavy (non-hydrogen) atoms. The smallest absolute Gasteiger partial charge is 0.318 e. The molecule has 0 aliphatic rings. The van der Waals surface area contributed by atoms with Gasteiger partial charge in [-0.1, -0.05) is 6.92 Å². The number of nitrogens with two attached hydrogens (primary N) is 5. The van der Waals surface area contributed by atoms with E-state index in [1.807, 2.05) is 5.38 Å². The van der Waals surface area contributed by atoms with Crippen LogP contribution in [0.1, 0.15) is 25.5 Å². The van der Waals surface area contributed by atoms with Crippen molar-refractivity contribution in [2.75, 3.05) is 5.75 Å². The molecule has 0 fully saturated rings. The monoisotopic (exact) mass is 489 g/mol. The molecule has 1 rings (SSSR count). The van der Waals surface area contributed by atoms with Crippen molar-refractivity contribution in [2.45, 2.75) is 25.5 Å². The molecule has 0 spiro atoms. The van der Waals surface area contributed by atoms with Crippen molar-refractivity contribution in [1.82, 2.24) is 9.71 Å². The zero-order chi connectivity index (χ0) is 22.7. The quantitative estimate of drug-likeness (QED) is 0.125. The van der Waals surface area contributed by atoms with E-state index in [2.05, 4.69) is 19.5 Å². The van der Waals surface area contributed by atoms with Crippen LogP contribution >= 0.6 is 23.1 Å². The fraction of sp³-hybridized carbons (Fsp3) is 0.455. The van der Waals surface area contributed by atoms with Gasteiger partial charge in [-0.2, -0.15) is 33.6 Å². The van der Waals surface area contributed by atoms with Gasteiger partial charge in [0.25, 0.3) is 10.2 Å². The van der Waals surface area contributed by atoms with Crippen molar-refractivity contribution in [3.05, 3.63) is 11.1 Å². The fourth-order valence-electron chi connectivity index (χ4n) is 1.32. The lowest BCUT2D eigenvalue weighted by atomic mass is 10.5. The lowest BCUT2D eigenvalue weighted by molar-refractivity contribution is -0.119. The molecular weight excluding hydrogens is 466 g/mol. The first kappa shape index (κ1) is 27.0. The topological polar surface area (TPSA) is 265 Å². The summed E-state index contributed by atoms with van der Waals surface area (Å²) in [4.78, 5) is 18.3. The van der Waals surface area contributed by atoms with E-state index in [0.717, 1.165) is 5.69 Å². The molecule has 0 radical (unpaired) electrons. The Morgan fingerprint density at radius 1 is 1.24 bits per heavy atom. The molecule has 18 heteroatoms. The second kappa shape index (κ2) is 12.5. The number of aromatic nitrogens is 1. The average molecular weight is 490 g/mol. The second-order valence-electron chi connectivity index (χ2n) is 4.98. The van der Waals surface area contributed by atoms with Gasteiger partial charge in [0, 0.05) is 29.7 Å². The van der Waals surface area contributed by atoms with Gasteiger partial charge in [0.15, 0.2) is 5.96 Å². The molecule has 1 amide bonds. The minimum Gasteiger partial charge on any atom is -0.386 e. The number of amidine groups is 1. The molecule has 11 N–H and O–H groups in total. The lowest BCUT2D eigenvalue weighted by Crippen LogP contribution is -2.35. The van der Waals surface area contributed by atoms with Gasteiger partial charge < -0.3 is 17.2 Å². The minimum atomic E-state index is -3.92. The van der Waals surface area contributed by atoms with Crippen molar-refractivity contribution in [3.8, 4) is 0 Å². The number of thiazole rings is 1. The van der Waals surface area contributed by atoms with Crippen molar-refractivity contribution < 1.29 is 21.6 Å². The Hall–Kier alpha value is -1.99. The molecule has 0 saturated carbocycles. The highest BCUT2D eigenvalue weighted by Crippen LogP contribution is 2.21. The summed E-state index contributed by atoms with van der Waals surface area (Å²) >= 11 is 2.86. The van der Waals surface area contributed by atoms with Crippen LogP contribution in [0.4, 0.5) is 5.13 Å². The predicted octanol–water partition coefficient (Wildman–Crippen LogP) is -2.05. The van der Waals surface area contributed by atoms with Crippen molar-refractivity contribution in [1.29, 1.82) is 0 Å². The number of carbonyl (C=O) groups is 1. The van der Waals surface area contributed by atoms with Crippen molar-refractivity contribution in [2.24, 2.45) is 36.9 Å².